The number of carbonyl (C=O) groups is 1. The van der Waals surface area contributed by atoms with Crippen molar-refractivity contribution in [3.63, 3.8) is 0 Å². The summed E-state index contributed by atoms with van der Waals surface area (Å²) >= 11 is 0. The predicted octanol–water partition coefficient (Wildman–Crippen LogP) is 10.4. The van der Waals surface area contributed by atoms with Crippen molar-refractivity contribution < 1.29 is 56.4 Å². The summed E-state index contributed by atoms with van der Waals surface area (Å²) in [6.07, 6.45) is 22.7. The summed E-state index contributed by atoms with van der Waals surface area (Å²) in [5.41, 5.74) is 4.36. The molecule has 22 heteroatoms. The number of aromatic nitrogens is 10. The first-order chi connectivity index (χ1) is 29.5. The molecule has 6 aromatic heterocycles. The molecular formula is C41H36B2F8FeN10O. The van der Waals surface area contributed by atoms with Crippen LogP contribution in [-0.2, 0) is 21.9 Å². The number of rotatable bonds is 8. The van der Waals surface area contributed by atoms with Crippen molar-refractivity contribution in [2.75, 3.05) is 0 Å². The summed E-state index contributed by atoms with van der Waals surface area (Å²) in [6.45, 7) is 3.06. The van der Waals surface area contributed by atoms with Gasteiger partial charge in [-0.25, -0.2) is 28.7 Å². The quantitative estimate of drug-likeness (QED) is 0.110. The number of benzene rings is 2. The molecule has 2 aromatic carbocycles. The summed E-state index contributed by atoms with van der Waals surface area (Å²) in [4.78, 5) is 18.7. The topological polar surface area (TPSA) is 114 Å². The van der Waals surface area contributed by atoms with Gasteiger partial charge in [-0.05, 0) is 84.6 Å². The smallest absolute Gasteiger partial charge is 0.418 e. The third-order valence-electron chi connectivity index (χ3n) is 7.13. The Hall–Kier alpha value is -7.18. The molecule has 63 heavy (non-hydrogen) atoms. The molecule has 326 valence electrons. The molecule has 0 unspecified atom stereocenters. The van der Waals surface area contributed by atoms with E-state index in [-0.39, 0.29) is 22.9 Å². The maximum Gasteiger partial charge on any atom is 2.00 e. The molecule has 0 amide bonds. The van der Waals surface area contributed by atoms with Crippen LogP contribution in [0.2, 0.25) is 0 Å². The first-order valence-corrected chi connectivity index (χ1v) is 18.2. The van der Waals surface area contributed by atoms with Crippen LogP contribution in [0.5, 0.6) is 0 Å². The number of nitrogens with zero attached hydrogens (tertiary/aromatic N) is 10. The molecule has 0 saturated heterocycles. The molecule has 0 atom stereocenters. The molecule has 0 fully saturated rings. The van der Waals surface area contributed by atoms with Gasteiger partial charge in [0.2, 0.25) is 0 Å². The van der Waals surface area contributed by atoms with Crippen LogP contribution in [0.4, 0.5) is 34.5 Å². The summed E-state index contributed by atoms with van der Waals surface area (Å²) in [5.74, 6) is 3.17. The number of Topliss-reactive ketones (excluding diaryl/α,β-unsaturated/α-hetero) is 1. The number of hydrogen-bond donors (Lipinski definition) is 0. The Balaban J connectivity index is 0.000000256. The molecule has 8 aromatic rings. The van der Waals surface area contributed by atoms with E-state index in [1.807, 2.05) is 110 Å². The van der Waals surface area contributed by atoms with Gasteiger partial charge in [-0.3, -0.25) is 0 Å². The van der Waals surface area contributed by atoms with Gasteiger partial charge in [0.1, 0.15) is 5.78 Å². The summed E-state index contributed by atoms with van der Waals surface area (Å²) in [7, 11) is -12.0. The second kappa shape index (κ2) is 24.9. The first-order valence-electron chi connectivity index (χ1n) is 18.2. The van der Waals surface area contributed by atoms with E-state index in [0.717, 1.165) is 45.5 Å². The Morgan fingerprint density at radius 2 is 0.651 bits per heavy atom. The van der Waals surface area contributed by atoms with Crippen molar-refractivity contribution in [1.82, 2.24) is 49.1 Å². The van der Waals surface area contributed by atoms with E-state index >= 15 is 0 Å². The molecule has 0 aliphatic heterocycles. The van der Waals surface area contributed by atoms with Crippen LogP contribution in [-0.4, -0.2) is 69.4 Å². The molecule has 0 aliphatic rings. The van der Waals surface area contributed by atoms with Crippen molar-refractivity contribution >= 4 is 44.6 Å². The van der Waals surface area contributed by atoms with Gasteiger partial charge in [-0.15, -0.1) is 0 Å². The van der Waals surface area contributed by atoms with Crippen LogP contribution in [0, 0.1) is 0 Å². The average molecular weight is 914 g/mol. The van der Waals surface area contributed by atoms with Crippen molar-refractivity contribution in [3.05, 3.63) is 181 Å². The number of halogens is 8. The third kappa shape index (κ3) is 20.3. The summed E-state index contributed by atoms with van der Waals surface area (Å²) in [6, 6.07) is 35.9. The standard InChI is InChI=1S/2C19H15N5.C3H6O.2BF4.Fe/c2*1-2-6-16(7-3-1)8-9-17-14-18(23-12-4-10-20-23)22-19(15-17)24-13-5-11-21-24;1-3(2)4;2*2-1(3,4)5;/h2*1-15H;1-2H3;;;/q;;;2*-1;+2/b2*9-8+;;;;. The van der Waals surface area contributed by atoms with Crippen LogP contribution in [0.25, 0.3) is 47.6 Å². The molecule has 0 spiro atoms. The van der Waals surface area contributed by atoms with Crippen LogP contribution in [0.3, 0.4) is 0 Å². The monoisotopic (exact) mass is 914 g/mol. The third-order valence-corrected chi connectivity index (χ3v) is 7.13. The van der Waals surface area contributed by atoms with Gasteiger partial charge >= 0.3 is 31.6 Å². The fraction of sp³-hybridized carbons (Fsp3) is 0.0488. The largest absolute Gasteiger partial charge is 2.00 e. The minimum Gasteiger partial charge on any atom is -0.418 e. The Bertz CT molecular complexity index is 2260. The van der Waals surface area contributed by atoms with Gasteiger partial charge in [-0.2, -0.15) is 20.4 Å². The Labute approximate surface area is 367 Å². The van der Waals surface area contributed by atoms with Crippen molar-refractivity contribution in [3.8, 4) is 23.3 Å². The molecular weight excluding hydrogens is 878 g/mol. The normalized spacial score (nSPS) is 10.8. The van der Waals surface area contributed by atoms with E-state index in [1.165, 1.54) is 13.8 Å². The van der Waals surface area contributed by atoms with Crippen LogP contribution >= 0.6 is 0 Å². The Kier molecular flexibility index (Phi) is 19.8. The molecule has 0 saturated carbocycles. The fourth-order valence-electron chi connectivity index (χ4n) is 4.84. The molecule has 6 heterocycles. The van der Waals surface area contributed by atoms with E-state index in [0.29, 0.717) is 0 Å². The second-order valence-corrected chi connectivity index (χ2v) is 12.4. The van der Waals surface area contributed by atoms with Gasteiger partial charge in [-0.1, -0.05) is 85.0 Å². The predicted molar refractivity (Wildman–Crippen MR) is 224 cm³/mol. The zero-order chi connectivity index (χ0) is 45.0. The molecule has 0 radical (unpaired) electrons. The summed E-state index contributed by atoms with van der Waals surface area (Å²) < 4.78 is 85.0. The molecule has 11 nitrogen and oxygen atoms in total. The number of ketones is 1. The second-order valence-electron chi connectivity index (χ2n) is 12.4. The van der Waals surface area contributed by atoms with Gasteiger partial charge in [0.15, 0.2) is 23.3 Å². The minimum absolute atomic E-state index is 0. The van der Waals surface area contributed by atoms with Crippen molar-refractivity contribution in [2.45, 2.75) is 13.8 Å². The molecule has 0 N–H and O–H groups in total. The number of carbonyl (C=O) groups excluding carboxylic acids is 1. The van der Waals surface area contributed by atoms with Crippen LogP contribution < -0.4 is 0 Å². The number of hydrogen-bond acceptors (Lipinski definition) is 7. The maximum atomic E-state index is 9.75. The van der Waals surface area contributed by atoms with Gasteiger partial charge in [0.05, 0.1) is 0 Å². The minimum atomic E-state index is -6.00. The average Bonchev–Trinajstić information content (AvgIpc) is 4.08. The zero-order valence-electron chi connectivity index (χ0n) is 33.2. The summed E-state index contributed by atoms with van der Waals surface area (Å²) in [5, 5.41) is 17.1. The molecule has 0 bridgehead atoms. The Morgan fingerprint density at radius 3 is 0.857 bits per heavy atom. The SMILES string of the molecule is C(=C\c1cc(-n2cccn2)nc(-n2cccn2)c1)/c1ccccc1.C(=C\c1cc(-n2cccn2)nc(-n2cccn2)c1)/c1ccccc1.CC(C)=O.F[B-](F)(F)F.F[B-](F)(F)F.[Fe+2]. The molecule has 0 aliphatic carbocycles. The van der Waals surface area contributed by atoms with E-state index in [2.05, 4.69) is 78.9 Å². The van der Waals surface area contributed by atoms with Crippen molar-refractivity contribution in [1.29, 1.82) is 0 Å². The van der Waals surface area contributed by atoms with Crippen LogP contribution in [0.1, 0.15) is 36.1 Å². The van der Waals surface area contributed by atoms with Gasteiger partial charge < -0.3 is 39.3 Å². The van der Waals surface area contributed by atoms with Gasteiger partial charge in [0, 0.05) is 49.6 Å². The number of pyridine rings is 2. The fourth-order valence-corrected chi connectivity index (χ4v) is 4.84. The van der Waals surface area contributed by atoms with Gasteiger partial charge in [0.25, 0.3) is 0 Å². The maximum absolute atomic E-state index is 9.75. The Morgan fingerprint density at radius 1 is 0.429 bits per heavy atom. The molecule has 8 rings (SSSR count). The van der Waals surface area contributed by atoms with E-state index in [4.69, 9.17) is 0 Å². The van der Waals surface area contributed by atoms with Crippen LogP contribution in [0.15, 0.2) is 159 Å². The first kappa shape index (κ1) is 50.2. The van der Waals surface area contributed by atoms with E-state index < -0.39 is 14.5 Å². The van der Waals surface area contributed by atoms with Crippen molar-refractivity contribution in [2.24, 2.45) is 0 Å². The van der Waals surface area contributed by atoms with E-state index in [1.54, 1.807) is 43.5 Å². The zero-order valence-corrected chi connectivity index (χ0v) is 34.3. The van der Waals surface area contributed by atoms with E-state index in [9.17, 15) is 39.3 Å².